The normalized spacial score (nSPS) is 20.8. The van der Waals surface area contributed by atoms with E-state index in [9.17, 15) is 18.3 Å². The highest BCUT2D eigenvalue weighted by Crippen LogP contribution is 2.25. The second kappa shape index (κ2) is 7.09. The van der Waals surface area contributed by atoms with Gasteiger partial charge in [-0.1, -0.05) is 24.3 Å². The third kappa shape index (κ3) is 3.54. The Hall–Kier alpha value is -2.94. The van der Waals surface area contributed by atoms with E-state index in [0.29, 0.717) is 12.1 Å². The first-order valence-corrected chi connectivity index (χ1v) is 11.6. The number of aliphatic hydroxyl groups is 1. The Kier molecular flexibility index (Phi) is 4.50. The molecule has 1 saturated heterocycles. The van der Waals surface area contributed by atoms with Crippen molar-refractivity contribution in [1.82, 2.24) is 15.3 Å². The molecule has 154 valence electrons. The maximum Gasteiger partial charge on any atom is 0.257 e. The number of aliphatic hydroxyl groups excluding tert-OH is 1. The zero-order valence-electron chi connectivity index (χ0n) is 16.1. The number of hydrogen-bond donors (Lipinski definition) is 4. The largest absolute Gasteiger partial charge is 0.390 e. The summed E-state index contributed by atoms with van der Waals surface area (Å²) in [5, 5.41) is 15.0. The third-order valence-electron chi connectivity index (χ3n) is 5.62. The van der Waals surface area contributed by atoms with Crippen molar-refractivity contribution < 1.29 is 13.5 Å². The predicted octanol–water partition coefficient (Wildman–Crippen LogP) is 1.92. The lowest BCUT2D eigenvalue weighted by molar-refractivity contribution is 0.165. The Labute approximate surface area is 172 Å². The molecule has 1 aliphatic rings. The Bertz CT molecular complexity index is 1420. The number of H-pyrrole nitrogens is 2. The van der Waals surface area contributed by atoms with E-state index >= 15 is 0 Å². The van der Waals surface area contributed by atoms with Crippen LogP contribution in [0.2, 0.25) is 0 Å². The second-order valence-electron chi connectivity index (χ2n) is 7.84. The lowest BCUT2D eigenvalue weighted by atomic mass is 10.1. The Morgan fingerprint density at radius 3 is 2.57 bits per heavy atom. The maximum absolute atomic E-state index is 12.6. The molecule has 1 aliphatic heterocycles. The fourth-order valence-electron chi connectivity index (χ4n) is 4.06. The van der Waals surface area contributed by atoms with Crippen molar-refractivity contribution in [2.75, 3.05) is 11.5 Å². The summed E-state index contributed by atoms with van der Waals surface area (Å²) in [6.07, 6.45) is -0.878. The lowest BCUT2D eigenvalue weighted by Gasteiger charge is -2.14. The van der Waals surface area contributed by atoms with Gasteiger partial charge < -0.3 is 20.4 Å². The molecular formula is C22H21N3O4S. The van der Waals surface area contributed by atoms with Crippen LogP contribution in [0.25, 0.3) is 33.1 Å². The predicted molar refractivity (Wildman–Crippen MR) is 117 cm³/mol. The molecule has 1 fully saturated rings. The van der Waals surface area contributed by atoms with Crippen molar-refractivity contribution in [3.63, 3.8) is 0 Å². The van der Waals surface area contributed by atoms with E-state index in [2.05, 4.69) is 15.3 Å². The first kappa shape index (κ1) is 19.0. The number of pyridine rings is 1. The van der Waals surface area contributed by atoms with Crippen LogP contribution in [0.1, 0.15) is 5.56 Å². The standard InChI is InChI=1S/C22H21N3O4S/c26-21-12-30(28,29)11-20(21)23-10-13-5-6-18-15(7-13)9-19(24-18)16-8-14-3-1-2-4-17(14)25-22(16)27/h1-9,20-21,23-24,26H,10-12H2,(H,25,27)/t20-,21-/m0/s1. The summed E-state index contributed by atoms with van der Waals surface area (Å²) in [6.45, 7) is 0.449. The van der Waals surface area contributed by atoms with Gasteiger partial charge in [-0.05, 0) is 41.3 Å². The quantitative estimate of drug-likeness (QED) is 0.400. The number of para-hydroxylation sites is 1. The van der Waals surface area contributed by atoms with Crippen LogP contribution in [0.4, 0.5) is 0 Å². The van der Waals surface area contributed by atoms with Crippen molar-refractivity contribution in [3.05, 3.63) is 70.5 Å². The first-order valence-electron chi connectivity index (χ1n) is 9.74. The minimum Gasteiger partial charge on any atom is -0.390 e. The van der Waals surface area contributed by atoms with Crippen molar-refractivity contribution in [3.8, 4) is 11.3 Å². The highest BCUT2D eigenvalue weighted by molar-refractivity contribution is 7.91. The number of aromatic nitrogens is 2. The number of rotatable bonds is 4. The van der Waals surface area contributed by atoms with E-state index in [1.807, 2.05) is 54.6 Å². The van der Waals surface area contributed by atoms with Gasteiger partial charge in [0.2, 0.25) is 0 Å². The van der Waals surface area contributed by atoms with E-state index in [1.165, 1.54) is 0 Å². The average Bonchev–Trinajstić information content (AvgIpc) is 3.24. The van der Waals surface area contributed by atoms with Gasteiger partial charge in [0.1, 0.15) is 0 Å². The molecule has 0 unspecified atom stereocenters. The van der Waals surface area contributed by atoms with Gasteiger partial charge >= 0.3 is 0 Å². The van der Waals surface area contributed by atoms with Crippen molar-refractivity contribution in [2.24, 2.45) is 0 Å². The van der Waals surface area contributed by atoms with Gasteiger partial charge in [0.05, 0.1) is 28.9 Å². The summed E-state index contributed by atoms with van der Waals surface area (Å²) >= 11 is 0. The number of nitrogens with one attached hydrogen (secondary N) is 3. The number of sulfone groups is 1. The number of fused-ring (bicyclic) bond motifs is 2. The topological polar surface area (TPSA) is 115 Å². The number of aromatic amines is 2. The minimum absolute atomic E-state index is 0.0462. The van der Waals surface area contributed by atoms with Crippen molar-refractivity contribution in [2.45, 2.75) is 18.7 Å². The summed E-state index contributed by atoms with van der Waals surface area (Å²) < 4.78 is 23.3. The molecular weight excluding hydrogens is 402 g/mol. The summed E-state index contributed by atoms with van der Waals surface area (Å²) in [5.74, 6) is -0.235. The maximum atomic E-state index is 12.6. The molecule has 0 radical (unpaired) electrons. The molecule has 2 atom stereocenters. The Morgan fingerprint density at radius 1 is 0.967 bits per heavy atom. The smallest absolute Gasteiger partial charge is 0.257 e. The molecule has 4 N–H and O–H groups in total. The van der Waals surface area contributed by atoms with Crippen LogP contribution in [0.15, 0.2) is 59.4 Å². The molecule has 3 heterocycles. The van der Waals surface area contributed by atoms with Crippen molar-refractivity contribution in [1.29, 1.82) is 0 Å². The molecule has 5 rings (SSSR count). The number of hydrogen-bond acceptors (Lipinski definition) is 5. The molecule has 4 aromatic rings. The molecule has 0 saturated carbocycles. The monoisotopic (exact) mass is 423 g/mol. The van der Waals surface area contributed by atoms with E-state index in [4.69, 9.17) is 0 Å². The Balaban J connectivity index is 1.42. The molecule has 7 nitrogen and oxygen atoms in total. The number of benzene rings is 2. The highest BCUT2D eigenvalue weighted by Gasteiger charge is 2.35. The van der Waals surface area contributed by atoms with Gasteiger partial charge in [0.25, 0.3) is 5.56 Å². The van der Waals surface area contributed by atoms with Crippen LogP contribution in [-0.4, -0.2) is 47.1 Å². The van der Waals surface area contributed by atoms with Gasteiger partial charge in [-0.25, -0.2) is 8.42 Å². The first-order chi connectivity index (χ1) is 14.4. The zero-order valence-corrected chi connectivity index (χ0v) is 16.9. The third-order valence-corrected chi connectivity index (χ3v) is 7.34. The van der Waals surface area contributed by atoms with E-state index < -0.39 is 22.0 Å². The summed E-state index contributed by atoms with van der Waals surface area (Å²) in [7, 11) is -3.18. The fraction of sp³-hybridized carbons (Fsp3) is 0.227. The minimum atomic E-state index is -3.18. The van der Waals surface area contributed by atoms with Crippen molar-refractivity contribution >= 4 is 31.6 Å². The molecule has 0 bridgehead atoms. The summed E-state index contributed by atoms with van der Waals surface area (Å²) in [6, 6.07) is 16.9. The van der Waals surface area contributed by atoms with Gasteiger partial charge in [0.15, 0.2) is 9.84 Å². The van der Waals surface area contributed by atoms with Gasteiger partial charge in [-0.2, -0.15) is 0 Å². The molecule has 8 heteroatoms. The average molecular weight is 423 g/mol. The van der Waals surface area contributed by atoms with Crippen LogP contribution < -0.4 is 10.9 Å². The van der Waals surface area contributed by atoms with E-state index in [-0.39, 0.29) is 17.1 Å². The molecule has 0 amide bonds. The van der Waals surface area contributed by atoms with Crippen LogP contribution in [-0.2, 0) is 16.4 Å². The van der Waals surface area contributed by atoms with Crippen LogP contribution >= 0.6 is 0 Å². The van der Waals surface area contributed by atoms with Gasteiger partial charge in [0, 0.05) is 29.0 Å². The Morgan fingerprint density at radius 2 is 1.77 bits per heavy atom. The van der Waals surface area contributed by atoms with E-state index in [0.717, 1.165) is 33.1 Å². The van der Waals surface area contributed by atoms with Crippen LogP contribution in [0, 0.1) is 0 Å². The molecule has 2 aromatic carbocycles. The summed E-state index contributed by atoms with van der Waals surface area (Å²) in [4.78, 5) is 18.8. The lowest BCUT2D eigenvalue weighted by Crippen LogP contribution is -2.38. The van der Waals surface area contributed by atoms with Gasteiger partial charge in [-0.15, -0.1) is 0 Å². The molecule has 0 aliphatic carbocycles. The van der Waals surface area contributed by atoms with Crippen LogP contribution in [0.5, 0.6) is 0 Å². The fourth-order valence-corrected chi connectivity index (χ4v) is 5.83. The molecule has 0 spiro atoms. The molecule has 2 aromatic heterocycles. The zero-order chi connectivity index (χ0) is 20.9. The van der Waals surface area contributed by atoms with Gasteiger partial charge in [-0.3, -0.25) is 4.79 Å². The summed E-state index contributed by atoms with van der Waals surface area (Å²) in [5.41, 5.74) is 3.83. The molecule has 30 heavy (non-hydrogen) atoms. The van der Waals surface area contributed by atoms with Crippen LogP contribution in [0.3, 0.4) is 0 Å². The highest BCUT2D eigenvalue weighted by atomic mass is 32.2. The van der Waals surface area contributed by atoms with E-state index in [1.54, 1.807) is 0 Å². The second-order valence-corrected chi connectivity index (χ2v) is 9.99. The SMILES string of the molecule is O=c1[nH]c2ccccc2cc1-c1cc2cc(CN[C@H]3CS(=O)(=O)C[C@@H]3O)ccc2[nH]1.